The molecule has 1 fully saturated rings. The van der Waals surface area contributed by atoms with Gasteiger partial charge in [0.1, 0.15) is 17.3 Å². The minimum Gasteiger partial charge on any atom is -0.450 e. The number of ether oxygens (including phenoxy) is 1. The Morgan fingerprint density at radius 3 is 2.71 bits per heavy atom. The van der Waals surface area contributed by atoms with Gasteiger partial charge in [-0.25, -0.2) is 14.2 Å². The molecule has 0 bridgehead atoms. The van der Waals surface area contributed by atoms with Crippen molar-refractivity contribution in [2.75, 3.05) is 25.4 Å². The summed E-state index contributed by atoms with van der Waals surface area (Å²) in [6, 6.07) is 6.05. The van der Waals surface area contributed by atoms with Gasteiger partial charge in [0.25, 0.3) is 0 Å². The van der Waals surface area contributed by atoms with E-state index >= 15 is 0 Å². The zero-order valence-corrected chi connectivity index (χ0v) is 18.4. The fourth-order valence-corrected chi connectivity index (χ4v) is 4.40. The van der Waals surface area contributed by atoms with Crippen molar-refractivity contribution < 1.29 is 27.3 Å². The summed E-state index contributed by atoms with van der Waals surface area (Å²) in [6.07, 6.45) is 0.892. The van der Waals surface area contributed by atoms with E-state index in [0.717, 1.165) is 0 Å². The first kappa shape index (κ1) is 22.9. The lowest BCUT2D eigenvalue weighted by Crippen LogP contribution is -2.47. The summed E-state index contributed by atoms with van der Waals surface area (Å²) in [7, 11) is -1.49. The number of oxazole rings is 1. The van der Waals surface area contributed by atoms with E-state index < -0.39 is 16.6 Å². The standard InChI is InChI=1S/C21H26FN3O5S/c1-3-29-21(27)25-10-8-15(9-11-25)23-19(26)13-31(28)12-18-14(2)30-20(24-18)16-6-4-5-7-17(16)22/h4-7,15H,3,8-13H2,1-2H3,(H,23,26)/t31-/m0/s1. The molecule has 0 radical (unpaired) electrons. The summed E-state index contributed by atoms with van der Waals surface area (Å²) in [6.45, 7) is 4.76. The van der Waals surface area contributed by atoms with Crippen molar-refractivity contribution in [1.82, 2.24) is 15.2 Å². The Hall–Kier alpha value is -2.75. The van der Waals surface area contributed by atoms with E-state index in [4.69, 9.17) is 9.15 Å². The zero-order valence-electron chi connectivity index (χ0n) is 17.6. The first-order valence-corrected chi connectivity index (χ1v) is 11.6. The lowest BCUT2D eigenvalue weighted by Gasteiger charge is -2.31. The summed E-state index contributed by atoms with van der Waals surface area (Å²) < 4.78 is 36.9. The van der Waals surface area contributed by atoms with Crippen molar-refractivity contribution in [3.8, 4) is 11.5 Å². The first-order chi connectivity index (χ1) is 14.9. The third kappa shape index (κ3) is 6.13. The van der Waals surface area contributed by atoms with Gasteiger partial charge < -0.3 is 19.4 Å². The Morgan fingerprint density at radius 1 is 1.32 bits per heavy atom. The minimum atomic E-state index is -1.49. The van der Waals surface area contributed by atoms with Crippen LogP contribution >= 0.6 is 0 Å². The van der Waals surface area contributed by atoms with Crippen molar-refractivity contribution >= 4 is 22.8 Å². The van der Waals surface area contributed by atoms with Gasteiger partial charge in [0, 0.05) is 29.9 Å². The number of halogens is 1. The Bertz CT molecular complexity index is 956. The fraction of sp³-hybridized carbons (Fsp3) is 0.476. The highest BCUT2D eigenvalue weighted by Crippen LogP contribution is 2.24. The largest absolute Gasteiger partial charge is 0.450 e. The molecule has 0 spiro atoms. The van der Waals surface area contributed by atoms with Crippen LogP contribution in [0.4, 0.5) is 9.18 Å². The predicted molar refractivity (Wildman–Crippen MR) is 113 cm³/mol. The van der Waals surface area contributed by atoms with Gasteiger partial charge in [-0.15, -0.1) is 0 Å². The number of piperidine rings is 1. The quantitative estimate of drug-likeness (QED) is 0.695. The molecule has 1 N–H and O–H groups in total. The van der Waals surface area contributed by atoms with Crippen LogP contribution in [0.5, 0.6) is 0 Å². The van der Waals surface area contributed by atoms with Gasteiger partial charge >= 0.3 is 6.09 Å². The Labute approximate surface area is 182 Å². The molecular weight excluding hydrogens is 425 g/mol. The van der Waals surface area contributed by atoms with E-state index in [2.05, 4.69) is 10.3 Å². The number of hydrogen-bond donors (Lipinski definition) is 1. The van der Waals surface area contributed by atoms with Crippen molar-refractivity contribution in [3.05, 3.63) is 41.5 Å². The molecule has 2 heterocycles. The number of nitrogens with zero attached hydrogens (tertiary/aromatic N) is 2. The van der Waals surface area contributed by atoms with E-state index in [0.29, 0.717) is 44.0 Å². The molecule has 1 saturated heterocycles. The summed E-state index contributed by atoms with van der Waals surface area (Å²) in [5, 5.41) is 2.88. The van der Waals surface area contributed by atoms with E-state index in [1.54, 1.807) is 36.9 Å². The van der Waals surface area contributed by atoms with E-state index in [1.165, 1.54) is 6.07 Å². The molecule has 0 saturated carbocycles. The molecule has 2 aromatic rings. The highest BCUT2D eigenvalue weighted by atomic mass is 32.2. The van der Waals surface area contributed by atoms with Crippen LogP contribution in [0.15, 0.2) is 28.7 Å². The van der Waals surface area contributed by atoms with Gasteiger partial charge in [0.05, 0.1) is 23.6 Å². The van der Waals surface area contributed by atoms with Gasteiger partial charge in [-0.3, -0.25) is 9.00 Å². The van der Waals surface area contributed by atoms with E-state index in [1.807, 2.05) is 0 Å². The molecule has 1 aromatic heterocycles. The smallest absolute Gasteiger partial charge is 0.409 e. The summed E-state index contributed by atoms with van der Waals surface area (Å²) >= 11 is 0. The van der Waals surface area contributed by atoms with Crippen molar-refractivity contribution in [2.45, 2.75) is 38.5 Å². The molecule has 2 amide bonds. The number of likely N-dealkylation sites (tertiary alicyclic amines) is 1. The van der Waals surface area contributed by atoms with Crippen LogP contribution in [0, 0.1) is 12.7 Å². The number of aryl methyl sites for hydroxylation is 1. The van der Waals surface area contributed by atoms with Gasteiger partial charge in [0.15, 0.2) is 0 Å². The lowest BCUT2D eigenvalue weighted by atomic mass is 10.1. The Morgan fingerprint density at radius 2 is 2.03 bits per heavy atom. The van der Waals surface area contributed by atoms with Crippen molar-refractivity contribution in [1.29, 1.82) is 0 Å². The average molecular weight is 452 g/mol. The maximum Gasteiger partial charge on any atom is 0.409 e. The van der Waals surface area contributed by atoms with Crippen molar-refractivity contribution in [3.63, 3.8) is 0 Å². The predicted octanol–water partition coefficient (Wildman–Crippen LogP) is 2.77. The molecule has 3 rings (SSSR count). The first-order valence-electron chi connectivity index (χ1n) is 10.1. The van der Waals surface area contributed by atoms with Crippen molar-refractivity contribution in [2.24, 2.45) is 0 Å². The van der Waals surface area contributed by atoms with Crippen LogP contribution in [0.3, 0.4) is 0 Å². The highest BCUT2D eigenvalue weighted by Gasteiger charge is 2.25. The number of rotatable bonds is 7. The van der Waals surface area contributed by atoms with Crippen LogP contribution in [0.2, 0.25) is 0 Å². The number of carbonyl (C=O) groups excluding carboxylic acids is 2. The molecule has 1 atom stereocenters. The topological polar surface area (TPSA) is 102 Å². The number of aromatic nitrogens is 1. The minimum absolute atomic E-state index is 0.0402. The second-order valence-corrected chi connectivity index (χ2v) is 8.72. The number of hydrogen-bond acceptors (Lipinski definition) is 6. The van der Waals surface area contributed by atoms with Crippen LogP contribution in [-0.4, -0.2) is 57.6 Å². The summed E-state index contributed by atoms with van der Waals surface area (Å²) in [5.74, 6) is -0.329. The van der Waals surface area contributed by atoms with Crippen LogP contribution < -0.4 is 5.32 Å². The van der Waals surface area contributed by atoms with Crippen LogP contribution in [0.1, 0.15) is 31.2 Å². The zero-order chi connectivity index (χ0) is 22.4. The van der Waals surface area contributed by atoms with Gasteiger partial charge in [-0.2, -0.15) is 0 Å². The van der Waals surface area contributed by atoms with Crippen LogP contribution in [0.25, 0.3) is 11.5 Å². The lowest BCUT2D eigenvalue weighted by molar-refractivity contribution is -0.119. The number of amides is 2. The molecule has 10 heteroatoms. The molecule has 0 unspecified atom stereocenters. The van der Waals surface area contributed by atoms with Gasteiger partial charge in [0.2, 0.25) is 11.8 Å². The molecule has 168 valence electrons. The van der Waals surface area contributed by atoms with Gasteiger partial charge in [-0.1, -0.05) is 12.1 Å². The third-order valence-corrected chi connectivity index (χ3v) is 6.15. The number of carbonyl (C=O) groups is 2. The normalized spacial score (nSPS) is 15.5. The molecule has 31 heavy (non-hydrogen) atoms. The molecule has 1 aromatic carbocycles. The highest BCUT2D eigenvalue weighted by molar-refractivity contribution is 7.84. The third-order valence-electron chi connectivity index (χ3n) is 4.97. The molecule has 1 aliphatic heterocycles. The maximum atomic E-state index is 13.9. The molecular formula is C21H26FN3O5S. The maximum absolute atomic E-state index is 13.9. The fourth-order valence-electron chi connectivity index (χ4n) is 3.35. The summed E-state index contributed by atoms with van der Waals surface area (Å²) in [4.78, 5) is 29.9. The van der Waals surface area contributed by atoms with Gasteiger partial charge in [-0.05, 0) is 38.8 Å². The Kier molecular flexibility index (Phi) is 7.78. The second-order valence-electron chi connectivity index (χ2n) is 7.26. The molecule has 0 aliphatic carbocycles. The monoisotopic (exact) mass is 451 g/mol. The van der Waals surface area contributed by atoms with E-state index in [-0.39, 0.29) is 41.0 Å². The second kappa shape index (κ2) is 10.5. The summed E-state index contributed by atoms with van der Waals surface area (Å²) in [5.41, 5.74) is 0.668. The Balaban J connectivity index is 1.49. The van der Waals surface area contributed by atoms with Crippen LogP contribution in [-0.2, 0) is 26.1 Å². The number of nitrogens with one attached hydrogen (secondary N) is 1. The molecule has 8 nitrogen and oxygen atoms in total. The average Bonchev–Trinajstić information content (AvgIpc) is 3.08. The van der Waals surface area contributed by atoms with E-state index in [9.17, 15) is 18.2 Å². The molecule has 1 aliphatic rings. The SMILES string of the molecule is CCOC(=O)N1CCC(NC(=O)C[S@@](=O)Cc2nc(-c3ccccc3F)oc2C)CC1. The number of benzene rings is 1.